The van der Waals surface area contributed by atoms with Gasteiger partial charge in [-0.3, -0.25) is 15.2 Å². The van der Waals surface area contributed by atoms with Crippen LogP contribution in [-0.2, 0) is 0 Å². The number of hydrazine groups is 1. The van der Waals surface area contributed by atoms with Crippen molar-refractivity contribution in [3.63, 3.8) is 0 Å². The number of nitrogens with zero attached hydrogens (tertiary/aromatic N) is 3. The van der Waals surface area contributed by atoms with Crippen molar-refractivity contribution in [2.75, 3.05) is 13.1 Å². The van der Waals surface area contributed by atoms with Crippen molar-refractivity contribution < 1.29 is 4.79 Å². The maximum Gasteiger partial charge on any atom is 0.274 e. The monoisotopic (exact) mass is 309 g/mol. The second-order valence-corrected chi connectivity index (χ2v) is 6.08. The predicted molar refractivity (Wildman–Crippen MR) is 85.3 cm³/mol. The van der Waals surface area contributed by atoms with Crippen molar-refractivity contribution in [3.05, 3.63) is 60.2 Å². The standard InChI is InChI=1S/C17H19N5O/c23-17(15-10-18-7-8-19-15)22-9-6-14-13(11-22)16(21-20-14)12-4-2-1-3-5-12/h1-5,7-8,10,13-14,16,20-21H,6,9,11H2. The average molecular weight is 309 g/mol. The molecular weight excluding hydrogens is 290 g/mol. The Hall–Kier alpha value is -2.31. The Kier molecular flexibility index (Phi) is 3.77. The summed E-state index contributed by atoms with van der Waals surface area (Å²) in [5, 5.41) is 0. The molecule has 23 heavy (non-hydrogen) atoms. The number of aromatic nitrogens is 2. The van der Waals surface area contributed by atoms with Crippen molar-refractivity contribution in [2.24, 2.45) is 5.92 Å². The van der Waals surface area contributed by atoms with E-state index in [1.54, 1.807) is 12.4 Å². The van der Waals surface area contributed by atoms with Crippen molar-refractivity contribution in [2.45, 2.75) is 18.5 Å². The van der Waals surface area contributed by atoms with Crippen molar-refractivity contribution in [1.29, 1.82) is 0 Å². The quantitative estimate of drug-likeness (QED) is 0.871. The molecule has 4 rings (SSSR count). The summed E-state index contributed by atoms with van der Waals surface area (Å²) in [4.78, 5) is 22.6. The normalized spacial score (nSPS) is 26.8. The Morgan fingerprint density at radius 2 is 2.04 bits per heavy atom. The van der Waals surface area contributed by atoms with E-state index in [0.717, 1.165) is 19.5 Å². The van der Waals surface area contributed by atoms with Crippen LogP contribution in [0, 0.1) is 5.92 Å². The van der Waals surface area contributed by atoms with Gasteiger partial charge in [0.2, 0.25) is 0 Å². The first-order chi connectivity index (χ1) is 11.3. The number of carbonyl (C=O) groups is 1. The van der Waals surface area contributed by atoms with Crippen LogP contribution in [0.25, 0.3) is 0 Å². The SMILES string of the molecule is O=C(c1cnccn1)N1CCC2NNC(c3ccccc3)C2C1. The second-order valence-electron chi connectivity index (χ2n) is 6.08. The summed E-state index contributed by atoms with van der Waals surface area (Å²) < 4.78 is 0. The zero-order valence-electron chi connectivity index (χ0n) is 12.7. The van der Waals surface area contributed by atoms with E-state index in [4.69, 9.17) is 0 Å². The van der Waals surface area contributed by atoms with Crippen LogP contribution < -0.4 is 10.9 Å². The van der Waals surface area contributed by atoms with Gasteiger partial charge in [0.15, 0.2) is 0 Å². The summed E-state index contributed by atoms with van der Waals surface area (Å²) in [6.45, 7) is 1.46. The summed E-state index contributed by atoms with van der Waals surface area (Å²) in [6, 6.07) is 11.0. The van der Waals surface area contributed by atoms with Crippen molar-refractivity contribution >= 4 is 5.91 Å². The first-order valence-electron chi connectivity index (χ1n) is 7.94. The molecule has 6 nitrogen and oxygen atoms in total. The first-order valence-corrected chi connectivity index (χ1v) is 7.94. The number of amides is 1. The molecule has 1 amide bonds. The minimum atomic E-state index is -0.0322. The van der Waals surface area contributed by atoms with Crippen LogP contribution in [0.4, 0.5) is 0 Å². The Labute approximate surface area is 134 Å². The van der Waals surface area contributed by atoms with Gasteiger partial charge in [0.1, 0.15) is 5.69 Å². The lowest BCUT2D eigenvalue weighted by Crippen LogP contribution is -2.48. The van der Waals surface area contributed by atoms with E-state index in [-0.39, 0.29) is 11.9 Å². The molecule has 3 heterocycles. The fourth-order valence-electron chi connectivity index (χ4n) is 3.55. The number of carbonyl (C=O) groups excluding carboxylic acids is 1. The largest absolute Gasteiger partial charge is 0.337 e. The smallest absolute Gasteiger partial charge is 0.274 e. The zero-order valence-corrected chi connectivity index (χ0v) is 12.7. The van der Waals surface area contributed by atoms with Gasteiger partial charge in [-0.1, -0.05) is 30.3 Å². The number of rotatable bonds is 2. The lowest BCUT2D eigenvalue weighted by atomic mass is 9.85. The Morgan fingerprint density at radius 1 is 1.17 bits per heavy atom. The van der Waals surface area contributed by atoms with E-state index < -0.39 is 0 Å². The average Bonchev–Trinajstić information content (AvgIpc) is 3.05. The van der Waals surface area contributed by atoms with E-state index in [9.17, 15) is 4.79 Å². The van der Waals surface area contributed by atoms with E-state index in [1.165, 1.54) is 11.8 Å². The molecule has 3 atom stereocenters. The maximum absolute atomic E-state index is 12.6. The molecule has 2 saturated heterocycles. The van der Waals surface area contributed by atoms with Gasteiger partial charge >= 0.3 is 0 Å². The lowest BCUT2D eigenvalue weighted by Gasteiger charge is -2.36. The third kappa shape index (κ3) is 2.71. The van der Waals surface area contributed by atoms with Gasteiger partial charge in [0.25, 0.3) is 5.91 Å². The van der Waals surface area contributed by atoms with Gasteiger partial charge in [-0.2, -0.15) is 0 Å². The molecule has 0 spiro atoms. The summed E-state index contributed by atoms with van der Waals surface area (Å²) in [7, 11) is 0. The Morgan fingerprint density at radius 3 is 2.83 bits per heavy atom. The number of benzene rings is 1. The third-order valence-electron chi connectivity index (χ3n) is 4.74. The molecule has 6 heteroatoms. The Balaban J connectivity index is 1.53. The molecule has 0 saturated carbocycles. The van der Waals surface area contributed by atoms with Crippen molar-refractivity contribution in [1.82, 2.24) is 25.7 Å². The molecule has 2 fully saturated rings. The lowest BCUT2D eigenvalue weighted by molar-refractivity contribution is 0.0646. The Bertz CT molecular complexity index is 678. The molecule has 0 radical (unpaired) electrons. The van der Waals surface area contributed by atoms with E-state index in [2.05, 4.69) is 45.1 Å². The minimum Gasteiger partial charge on any atom is -0.337 e. The van der Waals surface area contributed by atoms with Gasteiger partial charge in [-0.15, -0.1) is 0 Å². The molecule has 1 aromatic carbocycles. The zero-order chi connectivity index (χ0) is 15.6. The van der Waals surface area contributed by atoms with Crippen LogP contribution in [0.2, 0.25) is 0 Å². The van der Waals surface area contributed by atoms with Crippen LogP contribution in [0.1, 0.15) is 28.5 Å². The summed E-state index contributed by atoms with van der Waals surface area (Å²) in [5.74, 6) is 0.321. The van der Waals surface area contributed by atoms with Crippen LogP contribution in [0.5, 0.6) is 0 Å². The van der Waals surface area contributed by atoms with Crippen LogP contribution in [-0.4, -0.2) is 39.9 Å². The van der Waals surface area contributed by atoms with Crippen LogP contribution >= 0.6 is 0 Å². The molecule has 0 aliphatic carbocycles. The van der Waals surface area contributed by atoms with Gasteiger partial charge in [-0.05, 0) is 12.0 Å². The number of hydrogen-bond acceptors (Lipinski definition) is 5. The highest BCUT2D eigenvalue weighted by atomic mass is 16.2. The number of nitrogens with one attached hydrogen (secondary N) is 2. The van der Waals surface area contributed by atoms with Gasteiger partial charge in [0, 0.05) is 37.4 Å². The highest BCUT2D eigenvalue weighted by molar-refractivity contribution is 5.92. The number of hydrogen-bond donors (Lipinski definition) is 2. The van der Waals surface area contributed by atoms with Crippen LogP contribution in [0.15, 0.2) is 48.9 Å². The van der Waals surface area contributed by atoms with Crippen LogP contribution in [0.3, 0.4) is 0 Å². The number of fused-ring (bicyclic) bond motifs is 1. The maximum atomic E-state index is 12.6. The highest BCUT2D eigenvalue weighted by Crippen LogP contribution is 2.33. The fourth-order valence-corrected chi connectivity index (χ4v) is 3.55. The summed E-state index contributed by atoms with van der Waals surface area (Å²) in [6.07, 6.45) is 5.62. The molecule has 2 aliphatic rings. The molecule has 118 valence electrons. The summed E-state index contributed by atoms with van der Waals surface area (Å²) in [5.41, 5.74) is 8.46. The third-order valence-corrected chi connectivity index (χ3v) is 4.74. The fraction of sp³-hybridized carbons (Fsp3) is 0.353. The van der Waals surface area contributed by atoms with E-state index in [1.807, 2.05) is 11.0 Å². The van der Waals surface area contributed by atoms with E-state index >= 15 is 0 Å². The predicted octanol–water partition coefficient (Wildman–Crippen LogP) is 1.16. The minimum absolute atomic E-state index is 0.0322. The molecular formula is C17H19N5O. The van der Waals surface area contributed by atoms with E-state index in [0.29, 0.717) is 17.7 Å². The second kappa shape index (κ2) is 6.06. The first kappa shape index (κ1) is 14.3. The van der Waals surface area contributed by atoms with Crippen molar-refractivity contribution in [3.8, 4) is 0 Å². The number of likely N-dealkylation sites (tertiary alicyclic amines) is 1. The topological polar surface area (TPSA) is 70.2 Å². The molecule has 1 aromatic heterocycles. The van der Waals surface area contributed by atoms with Gasteiger partial charge in [0.05, 0.1) is 12.2 Å². The number of piperidine rings is 1. The van der Waals surface area contributed by atoms with Gasteiger partial charge < -0.3 is 4.90 Å². The molecule has 2 aromatic rings. The van der Waals surface area contributed by atoms with Gasteiger partial charge in [-0.25, -0.2) is 10.4 Å². The molecule has 2 N–H and O–H groups in total. The molecule has 0 bridgehead atoms. The molecule has 3 unspecified atom stereocenters. The highest BCUT2D eigenvalue weighted by Gasteiger charge is 2.41. The molecule has 2 aliphatic heterocycles. The summed E-state index contributed by atoms with van der Waals surface area (Å²) >= 11 is 0.